The predicted molar refractivity (Wildman–Crippen MR) is 45.6 cm³/mol. The van der Waals surface area contributed by atoms with Crippen LogP contribution in [0.5, 0.6) is 0 Å². The van der Waals surface area contributed by atoms with E-state index in [1.54, 1.807) is 6.92 Å². The van der Waals surface area contributed by atoms with Crippen molar-refractivity contribution in [2.75, 3.05) is 6.61 Å². The van der Waals surface area contributed by atoms with Gasteiger partial charge in [-0.3, -0.25) is 4.79 Å². The van der Waals surface area contributed by atoms with E-state index in [1.165, 1.54) is 0 Å². The van der Waals surface area contributed by atoms with Gasteiger partial charge in [-0.05, 0) is 6.92 Å². The molecule has 0 rings (SSSR count). The number of carbonyl (C=O) groups is 1. The van der Waals surface area contributed by atoms with E-state index < -0.39 is 0 Å². The molecule has 0 aromatic rings. The molecular weight excluding hydrogens is 170 g/mol. The van der Waals surface area contributed by atoms with Crippen LogP contribution in [0.15, 0.2) is 0 Å². The van der Waals surface area contributed by atoms with Crippen LogP contribution in [-0.4, -0.2) is 16.7 Å². The van der Waals surface area contributed by atoms with Gasteiger partial charge in [0.25, 0.3) is 0 Å². The Morgan fingerprint density at radius 3 is 2.80 bits per heavy atom. The maximum atomic E-state index is 10.7. The lowest BCUT2D eigenvalue weighted by Crippen LogP contribution is -2.11. The Labute approximate surface area is 69.5 Å². The van der Waals surface area contributed by atoms with E-state index in [2.05, 4.69) is 12.2 Å². The summed E-state index contributed by atoms with van der Waals surface area (Å²) in [6.07, 6.45) is 0.111. The van der Waals surface area contributed by atoms with Gasteiger partial charge in [-0.2, -0.15) is 0 Å². The van der Waals surface area contributed by atoms with Gasteiger partial charge >= 0.3 is 0 Å². The molecule has 0 amide bonds. The van der Waals surface area contributed by atoms with E-state index in [0.29, 0.717) is 6.61 Å². The Kier molecular flexibility index (Phi) is 5.57. The topological polar surface area (TPSA) is 52.3 Å². The van der Waals surface area contributed by atoms with E-state index >= 15 is 0 Å². The molecule has 0 aromatic heterocycles. The summed E-state index contributed by atoms with van der Waals surface area (Å²) in [6, 6.07) is 0. The van der Waals surface area contributed by atoms with Crippen LogP contribution in [-0.2, 0) is 8.98 Å². The highest BCUT2D eigenvalue weighted by atomic mass is 32.2. The largest absolute Gasteiger partial charge is 0.393 e. The van der Waals surface area contributed by atoms with Crippen molar-refractivity contribution >= 4 is 34.4 Å². The lowest BCUT2D eigenvalue weighted by Gasteiger charge is -1.95. The van der Waals surface area contributed by atoms with Crippen LogP contribution >= 0.6 is 24.3 Å². The van der Waals surface area contributed by atoms with Crippen molar-refractivity contribution in [1.29, 1.82) is 0 Å². The first-order chi connectivity index (χ1) is 4.66. The molecule has 0 aliphatic heterocycles. The van der Waals surface area contributed by atoms with Gasteiger partial charge in [0.2, 0.25) is 5.12 Å². The first kappa shape index (κ1) is 9.87. The number of rotatable bonds is 4. The molecule has 3 nitrogen and oxygen atoms in total. The zero-order chi connectivity index (χ0) is 7.98. The molecule has 0 saturated carbocycles. The molecule has 0 radical (unpaired) electrons. The first-order valence-electron chi connectivity index (χ1n) is 2.77. The first-order valence-corrected chi connectivity index (χ1v) is 3.92. The van der Waals surface area contributed by atoms with E-state index in [9.17, 15) is 4.79 Å². The van der Waals surface area contributed by atoms with Crippen molar-refractivity contribution in [2.24, 2.45) is 5.73 Å². The van der Waals surface area contributed by atoms with Crippen LogP contribution in [0.2, 0.25) is 0 Å². The van der Waals surface area contributed by atoms with E-state index in [4.69, 9.17) is 9.92 Å². The second kappa shape index (κ2) is 5.64. The Balaban J connectivity index is 3.35. The van der Waals surface area contributed by atoms with Crippen molar-refractivity contribution in [3.8, 4) is 0 Å². The maximum Gasteiger partial charge on any atom is 0.222 e. The molecule has 0 heterocycles. The van der Waals surface area contributed by atoms with Crippen LogP contribution < -0.4 is 5.73 Å². The standard InChI is InChI=1S/C5H9NO2S2/c1-2-8-10-5(7)3-4(6)9/h2-3H2,1H3,(H2,6,9). The van der Waals surface area contributed by atoms with E-state index in [-0.39, 0.29) is 16.5 Å². The van der Waals surface area contributed by atoms with Crippen LogP contribution in [0.4, 0.5) is 0 Å². The van der Waals surface area contributed by atoms with Crippen LogP contribution in [0.25, 0.3) is 0 Å². The van der Waals surface area contributed by atoms with Crippen molar-refractivity contribution in [3.63, 3.8) is 0 Å². The molecule has 0 aromatic carbocycles. The minimum absolute atomic E-state index is 0.111. The van der Waals surface area contributed by atoms with Crippen molar-refractivity contribution in [1.82, 2.24) is 0 Å². The molecule has 0 bridgehead atoms. The number of carbonyl (C=O) groups excluding carboxylic acids is 1. The minimum atomic E-state index is -0.144. The Morgan fingerprint density at radius 2 is 2.40 bits per heavy atom. The van der Waals surface area contributed by atoms with Gasteiger partial charge in [0.05, 0.1) is 30.1 Å². The van der Waals surface area contributed by atoms with Gasteiger partial charge in [-0.1, -0.05) is 12.2 Å². The molecule has 58 valence electrons. The van der Waals surface area contributed by atoms with Gasteiger partial charge in [0, 0.05) is 0 Å². The smallest absolute Gasteiger partial charge is 0.222 e. The summed E-state index contributed by atoms with van der Waals surface area (Å²) in [5.41, 5.74) is 5.11. The van der Waals surface area contributed by atoms with Crippen LogP contribution in [0, 0.1) is 0 Å². The molecule has 2 N–H and O–H groups in total. The SMILES string of the molecule is CCOSC(=O)CC(N)=S. The Morgan fingerprint density at radius 1 is 1.80 bits per heavy atom. The summed E-state index contributed by atoms with van der Waals surface area (Å²) in [6.45, 7) is 2.31. The maximum absolute atomic E-state index is 10.7. The second-order valence-corrected chi connectivity index (χ2v) is 2.89. The number of hydrogen-bond donors (Lipinski definition) is 1. The minimum Gasteiger partial charge on any atom is -0.393 e. The van der Waals surface area contributed by atoms with E-state index in [1.807, 2.05) is 0 Å². The van der Waals surface area contributed by atoms with Gasteiger partial charge in [-0.25, -0.2) is 0 Å². The molecular formula is C5H9NO2S2. The molecule has 0 aliphatic carbocycles. The van der Waals surface area contributed by atoms with Crippen LogP contribution in [0.3, 0.4) is 0 Å². The monoisotopic (exact) mass is 179 g/mol. The van der Waals surface area contributed by atoms with Gasteiger partial charge in [-0.15, -0.1) is 0 Å². The fourth-order valence-electron chi connectivity index (χ4n) is 0.296. The number of hydrogen-bond acceptors (Lipinski definition) is 4. The summed E-state index contributed by atoms with van der Waals surface area (Å²) in [7, 11) is 0. The van der Waals surface area contributed by atoms with Crippen molar-refractivity contribution in [2.45, 2.75) is 13.3 Å². The normalized spacial score (nSPS) is 9.30. The van der Waals surface area contributed by atoms with Gasteiger partial charge in [0.15, 0.2) is 0 Å². The summed E-state index contributed by atoms with van der Waals surface area (Å²) in [5, 5.41) is -0.144. The zero-order valence-corrected chi connectivity index (χ0v) is 7.26. The number of nitrogens with two attached hydrogens (primary N) is 1. The van der Waals surface area contributed by atoms with E-state index in [0.717, 1.165) is 12.0 Å². The third-order valence-electron chi connectivity index (χ3n) is 0.588. The number of thiocarbonyl (C=S) groups is 1. The predicted octanol–water partition coefficient (Wildman–Crippen LogP) is 0.874. The molecule has 0 fully saturated rings. The highest BCUT2D eigenvalue weighted by Gasteiger charge is 2.03. The lowest BCUT2D eigenvalue weighted by atomic mass is 10.5. The average molecular weight is 179 g/mol. The van der Waals surface area contributed by atoms with Gasteiger partial charge in [0.1, 0.15) is 0 Å². The zero-order valence-electron chi connectivity index (χ0n) is 5.62. The molecule has 0 spiro atoms. The second-order valence-electron chi connectivity index (χ2n) is 1.50. The van der Waals surface area contributed by atoms with Crippen LogP contribution in [0.1, 0.15) is 13.3 Å². The molecule has 10 heavy (non-hydrogen) atoms. The third-order valence-corrected chi connectivity index (χ3v) is 1.42. The van der Waals surface area contributed by atoms with Crippen molar-refractivity contribution < 1.29 is 8.98 Å². The summed E-state index contributed by atoms with van der Waals surface area (Å²) in [5.74, 6) is 0. The molecule has 0 unspecified atom stereocenters. The molecule has 0 saturated heterocycles. The third kappa shape index (κ3) is 6.00. The fraction of sp³-hybridized carbons (Fsp3) is 0.600. The fourth-order valence-corrected chi connectivity index (χ4v) is 0.983. The molecule has 0 aliphatic rings. The molecule has 0 atom stereocenters. The van der Waals surface area contributed by atoms with Crippen molar-refractivity contribution in [3.05, 3.63) is 0 Å². The highest BCUT2D eigenvalue weighted by molar-refractivity contribution is 8.09. The average Bonchev–Trinajstić information content (AvgIpc) is 1.82. The Hall–Kier alpha value is -0.130. The summed E-state index contributed by atoms with van der Waals surface area (Å²) < 4.78 is 4.75. The quantitative estimate of drug-likeness (QED) is 0.512. The highest BCUT2D eigenvalue weighted by Crippen LogP contribution is 2.05. The lowest BCUT2D eigenvalue weighted by molar-refractivity contribution is -0.110. The molecule has 5 heteroatoms. The Bertz CT molecular complexity index is 138. The van der Waals surface area contributed by atoms with Gasteiger partial charge < -0.3 is 9.92 Å². The summed E-state index contributed by atoms with van der Waals surface area (Å²) >= 11 is 5.31. The summed E-state index contributed by atoms with van der Waals surface area (Å²) in [4.78, 5) is 10.9.